The van der Waals surface area contributed by atoms with Gasteiger partial charge in [0.25, 0.3) is 0 Å². The molecule has 7 heteroatoms. The largest absolute Gasteiger partial charge is 0.399 e. The quantitative estimate of drug-likeness (QED) is 0.589. The number of nitrogens with one attached hydrogen (secondary N) is 1. The van der Waals surface area contributed by atoms with Crippen molar-refractivity contribution in [3.8, 4) is 0 Å². The molecule has 20 heavy (non-hydrogen) atoms. The molecule has 0 radical (unpaired) electrons. The number of rotatable bonds is 7. The van der Waals surface area contributed by atoms with Crippen molar-refractivity contribution in [2.24, 2.45) is 5.92 Å². The number of nitrogens with two attached hydrogens (primary N) is 1. The molecule has 0 heterocycles. The highest BCUT2D eigenvalue weighted by molar-refractivity contribution is 7.89. The molecule has 1 saturated carbocycles. The van der Waals surface area contributed by atoms with Crippen LogP contribution in [0.25, 0.3) is 0 Å². The summed E-state index contributed by atoms with van der Waals surface area (Å²) in [6.07, 6.45) is 2.38. The highest BCUT2D eigenvalue weighted by Crippen LogP contribution is 2.28. The third kappa shape index (κ3) is 3.91. The Labute approximate surface area is 118 Å². The van der Waals surface area contributed by atoms with E-state index in [9.17, 15) is 12.8 Å². The molecule has 0 amide bonds. The minimum Gasteiger partial charge on any atom is -0.399 e. The molecule has 0 unspecified atom stereocenters. The van der Waals surface area contributed by atoms with E-state index in [2.05, 4.69) is 4.72 Å². The molecule has 0 saturated heterocycles. The van der Waals surface area contributed by atoms with Crippen molar-refractivity contribution >= 4 is 15.7 Å². The van der Waals surface area contributed by atoms with Crippen molar-refractivity contribution in [3.05, 3.63) is 23.5 Å². The van der Waals surface area contributed by atoms with E-state index in [1.54, 1.807) is 0 Å². The van der Waals surface area contributed by atoms with Crippen LogP contribution in [-0.4, -0.2) is 28.2 Å². The summed E-state index contributed by atoms with van der Waals surface area (Å²) in [5, 5.41) is 0. The molecule has 0 bridgehead atoms. The molecule has 5 nitrogen and oxygen atoms in total. The van der Waals surface area contributed by atoms with Gasteiger partial charge in [-0.3, -0.25) is 0 Å². The summed E-state index contributed by atoms with van der Waals surface area (Å²) in [7, 11) is -3.77. The zero-order chi connectivity index (χ0) is 14.8. The summed E-state index contributed by atoms with van der Waals surface area (Å²) < 4.78 is 45.4. The standard InChI is InChI=1S/C13H19FN2O3S/c1-9-12(14)6-11(15)7-13(9)20(17,18)16-4-5-19-8-10-2-3-10/h6-7,10,16H,2-5,8,15H2,1H3. The number of sulfonamides is 1. The second-order valence-corrected chi connectivity index (χ2v) is 6.78. The Morgan fingerprint density at radius 1 is 1.45 bits per heavy atom. The van der Waals surface area contributed by atoms with Gasteiger partial charge >= 0.3 is 0 Å². The SMILES string of the molecule is Cc1c(F)cc(N)cc1S(=O)(=O)NCCOCC1CC1. The van der Waals surface area contributed by atoms with Crippen molar-refractivity contribution in [1.82, 2.24) is 4.72 Å². The number of halogens is 1. The third-order valence-corrected chi connectivity index (χ3v) is 4.78. The summed E-state index contributed by atoms with van der Waals surface area (Å²) >= 11 is 0. The second-order valence-electron chi connectivity index (χ2n) is 5.04. The number of nitrogen functional groups attached to an aromatic ring is 1. The fourth-order valence-corrected chi connectivity index (χ4v) is 3.11. The Morgan fingerprint density at radius 2 is 2.15 bits per heavy atom. The highest BCUT2D eigenvalue weighted by Gasteiger charge is 2.22. The minimum atomic E-state index is -3.77. The molecule has 0 aliphatic heterocycles. The predicted molar refractivity (Wildman–Crippen MR) is 74.3 cm³/mol. The van der Waals surface area contributed by atoms with Crippen LogP contribution in [0, 0.1) is 18.7 Å². The first-order chi connectivity index (χ1) is 9.40. The summed E-state index contributed by atoms with van der Waals surface area (Å²) in [6.45, 7) is 2.55. The van der Waals surface area contributed by atoms with Crippen LogP contribution in [0.4, 0.5) is 10.1 Å². The number of benzene rings is 1. The molecule has 1 aliphatic carbocycles. The predicted octanol–water partition coefficient (Wildman–Crippen LogP) is 1.42. The lowest BCUT2D eigenvalue weighted by Crippen LogP contribution is -2.28. The smallest absolute Gasteiger partial charge is 0.241 e. The minimum absolute atomic E-state index is 0.0607. The zero-order valence-electron chi connectivity index (χ0n) is 11.4. The van der Waals surface area contributed by atoms with Gasteiger partial charge in [0.2, 0.25) is 10.0 Å². The lowest BCUT2D eigenvalue weighted by Gasteiger charge is -2.11. The van der Waals surface area contributed by atoms with Crippen molar-refractivity contribution in [2.75, 3.05) is 25.5 Å². The van der Waals surface area contributed by atoms with Crippen molar-refractivity contribution in [2.45, 2.75) is 24.7 Å². The Bertz CT molecular complexity index is 586. The van der Waals surface area contributed by atoms with Crippen LogP contribution >= 0.6 is 0 Å². The van der Waals surface area contributed by atoms with Gasteiger partial charge < -0.3 is 10.5 Å². The maximum absolute atomic E-state index is 13.5. The molecular formula is C13H19FN2O3S. The Morgan fingerprint density at radius 3 is 2.80 bits per heavy atom. The van der Waals surface area contributed by atoms with Gasteiger partial charge in [-0.25, -0.2) is 17.5 Å². The van der Waals surface area contributed by atoms with Crippen LogP contribution in [0.2, 0.25) is 0 Å². The van der Waals surface area contributed by atoms with E-state index in [-0.39, 0.29) is 22.7 Å². The lowest BCUT2D eigenvalue weighted by molar-refractivity contribution is 0.129. The van der Waals surface area contributed by atoms with Crippen LogP contribution < -0.4 is 10.5 Å². The Kier molecular flexibility index (Phi) is 4.62. The third-order valence-electron chi connectivity index (χ3n) is 3.20. The summed E-state index contributed by atoms with van der Waals surface area (Å²) in [6, 6.07) is 2.36. The van der Waals surface area contributed by atoms with Gasteiger partial charge in [-0.2, -0.15) is 0 Å². The Balaban J connectivity index is 1.95. The normalized spacial score (nSPS) is 15.5. The van der Waals surface area contributed by atoms with Crippen LogP contribution in [-0.2, 0) is 14.8 Å². The van der Waals surface area contributed by atoms with Crippen LogP contribution in [0.5, 0.6) is 0 Å². The number of hydrogen-bond acceptors (Lipinski definition) is 4. The molecule has 0 spiro atoms. The van der Waals surface area contributed by atoms with Crippen molar-refractivity contribution in [3.63, 3.8) is 0 Å². The van der Waals surface area contributed by atoms with Gasteiger partial charge in [-0.1, -0.05) is 0 Å². The highest BCUT2D eigenvalue weighted by atomic mass is 32.2. The monoisotopic (exact) mass is 302 g/mol. The molecule has 1 aromatic carbocycles. The topological polar surface area (TPSA) is 81.4 Å². The van der Waals surface area contributed by atoms with E-state index in [1.807, 2.05) is 0 Å². The van der Waals surface area contributed by atoms with Crippen LogP contribution in [0.15, 0.2) is 17.0 Å². The zero-order valence-corrected chi connectivity index (χ0v) is 12.2. The maximum atomic E-state index is 13.5. The van der Waals surface area contributed by atoms with E-state index < -0.39 is 15.8 Å². The number of anilines is 1. The number of ether oxygens (including phenoxy) is 1. The van der Waals surface area contributed by atoms with Crippen molar-refractivity contribution < 1.29 is 17.5 Å². The molecule has 1 fully saturated rings. The van der Waals surface area contributed by atoms with Gasteiger partial charge in [0.15, 0.2) is 0 Å². The fraction of sp³-hybridized carbons (Fsp3) is 0.538. The van der Waals surface area contributed by atoms with E-state index in [1.165, 1.54) is 25.8 Å². The first-order valence-corrected chi connectivity index (χ1v) is 8.01. The summed E-state index contributed by atoms with van der Waals surface area (Å²) in [4.78, 5) is -0.128. The average Bonchev–Trinajstić information content (AvgIpc) is 3.17. The van der Waals surface area contributed by atoms with E-state index >= 15 is 0 Å². The molecule has 2 rings (SSSR count). The molecule has 1 aliphatic rings. The van der Waals surface area contributed by atoms with Crippen LogP contribution in [0.1, 0.15) is 18.4 Å². The van der Waals surface area contributed by atoms with Gasteiger partial charge in [-0.15, -0.1) is 0 Å². The van der Waals surface area contributed by atoms with Gasteiger partial charge in [-0.05, 0) is 37.8 Å². The van der Waals surface area contributed by atoms with Gasteiger partial charge in [0.05, 0.1) is 11.5 Å². The Hall–Kier alpha value is -1.18. The summed E-state index contributed by atoms with van der Waals surface area (Å²) in [5.74, 6) is 0.00669. The van der Waals surface area contributed by atoms with E-state index in [0.717, 1.165) is 6.07 Å². The van der Waals surface area contributed by atoms with Crippen LogP contribution in [0.3, 0.4) is 0 Å². The maximum Gasteiger partial charge on any atom is 0.241 e. The summed E-state index contributed by atoms with van der Waals surface area (Å²) in [5.41, 5.74) is 5.63. The fourth-order valence-electron chi connectivity index (χ4n) is 1.81. The van der Waals surface area contributed by atoms with Crippen molar-refractivity contribution in [1.29, 1.82) is 0 Å². The average molecular weight is 302 g/mol. The van der Waals surface area contributed by atoms with Gasteiger partial charge in [0.1, 0.15) is 5.82 Å². The lowest BCUT2D eigenvalue weighted by atomic mass is 10.2. The van der Waals surface area contributed by atoms with Gasteiger partial charge in [0, 0.05) is 24.4 Å². The molecule has 1 aromatic rings. The first kappa shape index (κ1) is 15.2. The first-order valence-electron chi connectivity index (χ1n) is 6.53. The molecule has 3 N–H and O–H groups in total. The molecule has 112 valence electrons. The molecule has 0 atom stereocenters. The molecular weight excluding hydrogens is 283 g/mol. The number of hydrogen-bond donors (Lipinski definition) is 2. The van der Waals surface area contributed by atoms with E-state index in [4.69, 9.17) is 10.5 Å². The van der Waals surface area contributed by atoms with E-state index in [0.29, 0.717) is 19.1 Å². The molecule has 0 aromatic heterocycles. The second kappa shape index (κ2) is 6.07.